The number of anilines is 2. The van der Waals surface area contributed by atoms with Crippen molar-refractivity contribution in [2.24, 2.45) is 0 Å². The zero-order valence-electron chi connectivity index (χ0n) is 16.5. The highest BCUT2D eigenvalue weighted by atomic mass is 32.2. The number of amides is 3. The first kappa shape index (κ1) is 21.1. The van der Waals surface area contributed by atoms with Crippen LogP contribution in [0.5, 0.6) is 0 Å². The zero-order chi connectivity index (χ0) is 21.7. The summed E-state index contributed by atoms with van der Waals surface area (Å²) in [5.41, 5.74) is 3.02. The molecule has 8 heteroatoms. The van der Waals surface area contributed by atoms with Crippen LogP contribution in [-0.4, -0.2) is 20.4 Å². The molecule has 3 rings (SSSR count). The molecule has 0 aliphatic heterocycles. The first-order chi connectivity index (χ1) is 14.2. The molecule has 0 radical (unpaired) electrons. The lowest BCUT2D eigenvalue weighted by molar-refractivity contribution is 0.0981. The summed E-state index contributed by atoms with van der Waals surface area (Å²) in [5, 5.41) is 5.33. The van der Waals surface area contributed by atoms with Gasteiger partial charge >= 0.3 is 6.03 Å². The molecule has 0 spiro atoms. The van der Waals surface area contributed by atoms with E-state index in [1.807, 2.05) is 25.1 Å². The molecule has 0 aromatic heterocycles. The summed E-state index contributed by atoms with van der Waals surface area (Å²) < 4.78 is 27.1. The SMILES string of the molecule is Cc1cccc(NC(=O)Nc2ccc(S(=O)(=O)NC(=O)c3ccccc3C)cc2)c1. The number of urea groups is 1. The molecule has 0 unspecified atom stereocenters. The number of nitrogens with one attached hydrogen (secondary N) is 3. The van der Waals surface area contributed by atoms with E-state index >= 15 is 0 Å². The normalized spacial score (nSPS) is 10.9. The number of carbonyl (C=O) groups is 2. The lowest BCUT2D eigenvalue weighted by Gasteiger charge is -2.10. The van der Waals surface area contributed by atoms with Crippen molar-refractivity contribution in [2.45, 2.75) is 18.7 Å². The molecule has 0 fully saturated rings. The fourth-order valence-electron chi connectivity index (χ4n) is 2.80. The van der Waals surface area contributed by atoms with Crippen molar-refractivity contribution in [1.82, 2.24) is 4.72 Å². The molecule has 0 bridgehead atoms. The van der Waals surface area contributed by atoms with E-state index in [0.717, 1.165) is 5.56 Å². The molecule has 7 nitrogen and oxygen atoms in total. The standard InChI is InChI=1S/C22H21N3O4S/c1-15-6-5-8-18(14-15)24-22(27)23-17-10-12-19(13-11-17)30(28,29)25-21(26)20-9-4-3-7-16(20)2/h3-14H,1-2H3,(H,25,26)(H2,23,24,27). The largest absolute Gasteiger partial charge is 0.323 e. The second-order valence-electron chi connectivity index (χ2n) is 6.72. The molecule has 0 aliphatic rings. The maximum atomic E-state index is 12.5. The van der Waals surface area contributed by atoms with Crippen molar-refractivity contribution in [3.63, 3.8) is 0 Å². The number of aryl methyl sites for hydroxylation is 2. The Morgan fingerprint density at radius 2 is 1.43 bits per heavy atom. The quantitative estimate of drug-likeness (QED) is 0.575. The average Bonchev–Trinajstić information content (AvgIpc) is 2.68. The Kier molecular flexibility index (Phi) is 6.17. The number of hydrogen-bond acceptors (Lipinski definition) is 4. The topological polar surface area (TPSA) is 104 Å². The Morgan fingerprint density at radius 3 is 2.10 bits per heavy atom. The van der Waals surface area contributed by atoms with Gasteiger partial charge in [0.15, 0.2) is 0 Å². The Labute approximate surface area is 175 Å². The molecule has 0 saturated heterocycles. The van der Waals surface area contributed by atoms with Gasteiger partial charge in [-0.1, -0.05) is 30.3 Å². The number of sulfonamides is 1. The number of rotatable bonds is 5. The molecular weight excluding hydrogens is 402 g/mol. The molecule has 0 heterocycles. The van der Waals surface area contributed by atoms with Crippen LogP contribution in [0.1, 0.15) is 21.5 Å². The zero-order valence-corrected chi connectivity index (χ0v) is 17.3. The maximum absolute atomic E-state index is 12.5. The molecule has 3 N–H and O–H groups in total. The van der Waals surface area contributed by atoms with Gasteiger partial charge in [-0.3, -0.25) is 4.79 Å². The van der Waals surface area contributed by atoms with Gasteiger partial charge in [-0.15, -0.1) is 0 Å². The van der Waals surface area contributed by atoms with E-state index in [2.05, 4.69) is 15.4 Å². The monoisotopic (exact) mass is 423 g/mol. The van der Waals surface area contributed by atoms with Gasteiger partial charge in [-0.25, -0.2) is 17.9 Å². The maximum Gasteiger partial charge on any atom is 0.323 e. The minimum absolute atomic E-state index is 0.0888. The Hall–Kier alpha value is -3.65. The second kappa shape index (κ2) is 8.79. The van der Waals surface area contributed by atoms with Crippen molar-refractivity contribution in [1.29, 1.82) is 0 Å². The van der Waals surface area contributed by atoms with E-state index in [-0.39, 0.29) is 10.5 Å². The van der Waals surface area contributed by atoms with E-state index in [9.17, 15) is 18.0 Å². The molecule has 3 amide bonds. The number of benzene rings is 3. The molecule has 3 aromatic rings. The van der Waals surface area contributed by atoms with Crippen molar-refractivity contribution < 1.29 is 18.0 Å². The molecule has 0 atom stereocenters. The minimum atomic E-state index is -4.05. The first-order valence-electron chi connectivity index (χ1n) is 9.12. The highest BCUT2D eigenvalue weighted by Gasteiger charge is 2.19. The van der Waals surface area contributed by atoms with Crippen LogP contribution >= 0.6 is 0 Å². The predicted octanol–water partition coefficient (Wildman–Crippen LogP) is 4.07. The summed E-state index contributed by atoms with van der Waals surface area (Å²) in [5.74, 6) is -0.701. The fraction of sp³-hybridized carbons (Fsp3) is 0.0909. The fourth-order valence-corrected chi connectivity index (χ4v) is 3.76. The van der Waals surface area contributed by atoms with E-state index < -0.39 is 22.0 Å². The van der Waals surface area contributed by atoms with Crippen LogP contribution in [-0.2, 0) is 10.0 Å². The first-order valence-corrected chi connectivity index (χ1v) is 10.6. The molecule has 0 saturated carbocycles. The van der Waals surface area contributed by atoms with Crippen LogP contribution < -0.4 is 15.4 Å². The lowest BCUT2D eigenvalue weighted by Crippen LogP contribution is -2.31. The van der Waals surface area contributed by atoms with Crippen molar-refractivity contribution >= 4 is 33.3 Å². The van der Waals surface area contributed by atoms with Crippen molar-refractivity contribution in [3.8, 4) is 0 Å². The van der Waals surface area contributed by atoms with Gasteiger partial charge in [0.25, 0.3) is 15.9 Å². The Morgan fingerprint density at radius 1 is 0.767 bits per heavy atom. The summed E-state index contributed by atoms with van der Waals surface area (Å²) >= 11 is 0. The molecular formula is C22H21N3O4S. The van der Waals surface area contributed by atoms with E-state index in [1.54, 1.807) is 37.3 Å². The number of hydrogen-bond donors (Lipinski definition) is 3. The smallest absolute Gasteiger partial charge is 0.308 e. The third kappa shape index (κ3) is 5.24. The van der Waals surface area contributed by atoms with Crippen LogP contribution in [0, 0.1) is 13.8 Å². The van der Waals surface area contributed by atoms with Gasteiger partial charge in [0.1, 0.15) is 0 Å². The Bertz CT molecular complexity index is 1190. The van der Waals surface area contributed by atoms with Gasteiger partial charge in [-0.05, 0) is 67.4 Å². The third-order valence-electron chi connectivity index (χ3n) is 4.32. The summed E-state index contributed by atoms with van der Waals surface area (Å²) in [7, 11) is -4.05. The van der Waals surface area contributed by atoms with Gasteiger partial charge in [0.05, 0.1) is 4.90 Å². The van der Waals surface area contributed by atoms with Gasteiger partial charge < -0.3 is 10.6 Å². The summed E-state index contributed by atoms with van der Waals surface area (Å²) in [6.07, 6.45) is 0. The van der Waals surface area contributed by atoms with Crippen LogP contribution in [0.25, 0.3) is 0 Å². The van der Waals surface area contributed by atoms with Crippen LogP contribution in [0.2, 0.25) is 0 Å². The highest BCUT2D eigenvalue weighted by Crippen LogP contribution is 2.16. The summed E-state index contributed by atoms with van der Waals surface area (Å²) in [4.78, 5) is 24.3. The average molecular weight is 423 g/mol. The molecule has 0 aliphatic carbocycles. The van der Waals surface area contributed by atoms with Gasteiger partial charge in [0, 0.05) is 16.9 Å². The van der Waals surface area contributed by atoms with E-state index in [0.29, 0.717) is 16.9 Å². The van der Waals surface area contributed by atoms with Crippen LogP contribution in [0.4, 0.5) is 16.2 Å². The summed E-state index contributed by atoms with van der Waals surface area (Å²) in [6, 6.07) is 19.1. The molecule has 3 aromatic carbocycles. The van der Waals surface area contributed by atoms with Crippen LogP contribution in [0.15, 0.2) is 77.7 Å². The summed E-state index contributed by atoms with van der Waals surface area (Å²) in [6.45, 7) is 3.64. The van der Waals surface area contributed by atoms with E-state index in [1.165, 1.54) is 24.3 Å². The van der Waals surface area contributed by atoms with E-state index in [4.69, 9.17) is 0 Å². The van der Waals surface area contributed by atoms with Gasteiger partial charge in [0.2, 0.25) is 0 Å². The highest BCUT2D eigenvalue weighted by molar-refractivity contribution is 7.90. The van der Waals surface area contributed by atoms with Crippen LogP contribution in [0.3, 0.4) is 0 Å². The Balaban J connectivity index is 1.66. The lowest BCUT2D eigenvalue weighted by atomic mass is 10.1. The second-order valence-corrected chi connectivity index (χ2v) is 8.40. The predicted molar refractivity (Wildman–Crippen MR) is 116 cm³/mol. The third-order valence-corrected chi connectivity index (χ3v) is 5.66. The van der Waals surface area contributed by atoms with Gasteiger partial charge in [-0.2, -0.15) is 0 Å². The minimum Gasteiger partial charge on any atom is -0.308 e. The van der Waals surface area contributed by atoms with Crippen molar-refractivity contribution in [2.75, 3.05) is 10.6 Å². The molecule has 154 valence electrons. The molecule has 30 heavy (non-hydrogen) atoms. The number of carbonyl (C=O) groups excluding carboxylic acids is 2. The van der Waals surface area contributed by atoms with Crippen molar-refractivity contribution in [3.05, 3.63) is 89.5 Å².